The fourth-order valence-corrected chi connectivity index (χ4v) is 4.41. The van der Waals surface area contributed by atoms with Crippen molar-refractivity contribution in [2.24, 2.45) is 5.92 Å². The number of morpholine rings is 1. The first-order valence-corrected chi connectivity index (χ1v) is 8.27. The number of carbonyl (C=O) groups is 2. The summed E-state index contributed by atoms with van der Waals surface area (Å²) in [5.41, 5.74) is 2.70. The van der Waals surface area contributed by atoms with Crippen LogP contribution in [0.25, 0.3) is 0 Å². The summed E-state index contributed by atoms with van der Waals surface area (Å²) < 4.78 is 5.41. The molecule has 0 aromatic heterocycles. The van der Waals surface area contributed by atoms with Crippen molar-refractivity contribution < 1.29 is 19.4 Å². The molecule has 1 heterocycles. The Morgan fingerprint density at radius 3 is 2.87 bits per heavy atom. The van der Waals surface area contributed by atoms with Crippen LogP contribution >= 0.6 is 0 Å². The lowest BCUT2D eigenvalue weighted by Gasteiger charge is -2.35. The van der Waals surface area contributed by atoms with Gasteiger partial charge in [-0.25, -0.2) is 4.79 Å². The van der Waals surface area contributed by atoms with Gasteiger partial charge in [-0.1, -0.05) is 24.3 Å². The predicted molar refractivity (Wildman–Crippen MR) is 83.1 cm³/mol. The maximum absolute atomic E-state index is 12.9. The Kier molecular flexibility index (Phi) is 3.23. The van der Waals surface area contributed by atoms with E-state index in [1.165, 1.54) is 11.1 Å². The van der Waals surface area contributed by atoms with Crippen molar-refractivity contribution in [3.8, 4) is 0 Å². The largest absolute Gasteiger partial charge is 0.479 e. The molecule has 1 saturated carbocycles. The lowest BCUT2D eigenvalue weighted by molar-refractivity contribution is -0.167. The maximum Gasteiger partial charge on any atom is 0.334 e. The first kappa shape index (κ1) is 14.7. The number of aryl methyl sites for hydroxylation is 1. The highest BCUT2D eigenvalue weighted by atomic mass is 16.5. The van der Waals surface area contributed by atoms with Gasteiger partial charge in [0.15, 0.2) is 6.10 Å². The van der Waals surface area contributed by atoms with Gasteiger partial charge in [0.05, 0.1) is 12.6 Å². The van der Waals surface area contributed by atoms with Crippen molar-refractivity contribution in [1.29, 1.82) is 0 Å². The Bertz CT molecular complexity index is 673. The molecule has 2 aliphatic carbocycles. The van der Waals surface area contributed by atoms with Crippen LogP contribution in [0.5, 0.6) is 0 Å². The summed E-state index contributed by atoms with van der Waals surface area (Å²) in [4.78, 5) is 25.8. The second-order valence-electron chi connectivity index (χ2n) is 7.09. The molecule has 1 spiro atoms. The molecule has 23 heavy (non-hydrogen) atoms. The number of nitrogens with zero attached hydrogens (tertiary/aromatic N) is 1. The van der Waals surface area contributed by atoms with E-state index in [-0.39, 0.29) is 29.9 Å². The number of hydrogen-bond donors (Lipinski definition) is 1. The van der Waals surface area contributed by atoms with Gasteiger partial charge in [0.25, 0.3) is 0 Å². The normalized spacial score (nSPS) is 35.2. The number of rotatable bonds is 2. The second kappa shape index (κ2) is 5.06. The van der Waals surface area contributed by atoms with Gasteiger partial charge in [0.1, 0.15) is 0 Å². The number of carboxylic acid groups (broad SMARTS) is 1. The fraction of sp³-hybridized carbons (Fsp3) is 0.556. The summed E-state index contributed by atoms with van der Waals surface area (Å²) in [5, 5.41) is 9.18. The molecular formula is C18H21NO4. The molecule has 1 N–H and O–H groups in total. The van der Waals surface area contributed by atoms with Gasteiger partial charge in [-0.15, -0.1) is 0 Å². The van der Waals surface area contributed by atoms with Gasteiger partial charge in [0, 0.05) is 17.9 Å². The third-order valence-electron chi connectivity index (χ3n) is 5.61. The molecule has 4 atom stereocenters. The number of aliphatic carboxylic acids is 1. The monoisotopic (exact) mass is 315 g/mol. The van der Waals surface area contributed by atoms with Crippen molar-refractivity contribution in [3.63, 3.8) is 0 Å². The molecule has 2 fully saturated rings. The van der Waals surface area contributed by atoms with E-state index >= 15 is 0 Å². The van der Waals surface area contributed by atoms with Crippen molar-refractivity contribution in [1.82, 2.24) is 4.90 Å². The average Bonchev–Trinajstić information content (AvgIpc) is 3.15. The quantitative estimate of drug-likeness (QED) is 0.900. The number of hydrogen-bond acceptors (Lipinski definition) is 3. The number of benzene rings is 1. The molecule has 0 bridgehead atoms. The SMILES string of the molecule is C[C@@H]1CN(C(=O)C2CC23CCc2ccccc23)CC(C(=O)O)O1. The standard InChI is InChI=1S/C18H21NO4/c1-11-9-19(10-15(23-11)17(21)22)16(20)14-8-18(14)7-6-12-4-2-3-5-13(12)18/h2-5,11,14-15H,6-10H2,1H3,(H,21,22)/t11-,14?,15?,18?/m1/s1. The summed E-state index contributed by atoms with van der Waals surface area (Å²) in [6.45, 7) is 2.46. The Labute approximate surface area is 135 Å². The number of fused-ring (bicyclic) bond motifs is 2. The minimum atomic E-state index is -0.994. The van der Waals surface area contributed by atoms with Crippen LogP contribution in [0.2, 0.25) is 0 Å². The van der Waals surface area contributed by atoms with Crippen LogP contribution in [0.4, 0.5) is 0 Å². The number of carboxylic acids is 1. The minimum Gasteiger partial charge on any atom is -0.479 e. The van der Waals surface area contributed by atoms with E-state index in [4.69, 9.17) is 4.74 Å². The lowest BCUT2D eigenvalue weighted by atomic mass is 9.95. The van der Waals surface area contributed by atoms with Crippen LogP contribution < -0.4 is 0 Å². The van der Waals surface area contributed by atoms with Crippen LogP contribution in [0.3, 0.4) is 0 Å². The Morgan fingerprint density at radius 1 is 1.30 bits per heavy atom. The van der Waals surface area contributed by atoms with Crippen LogP contribution in [0.15, 0.2) is 24.3 Å². The highest BCUT2D eigenvalue weighted by Crippen LogP contribution is 2.62. The summed E-state index contributed by atoms with van der Waals surface area (Å²) >= 11 is 0. The number of amides is 1. The van der Waals surface area contributed by atoms with E-state index in [1.54, 1.807) is 4.90 Å². The summed E-state index contributed by atoms with van der Waals surface area (Å²) in [5.74, 6) is -0.889. The fourth-order valence-electron chi connectivity index (χ4n) is 4.41. The smallest absolute Gasteiger partial charge is 0.334 e. The van der Waals surface area contributed by atoms with Crippen LogP contribution in [0, 0.1) is 5.92 Å². The first-order chi connectivity index (χ1) is 11.0. The van der Waals surface area contributed by atoms with E-state index < -0.39 is 12.1 Å². The van der Waals surface area contributed by atoms with Crippen LogP contribution in [-0.2, 0) is 26.2 Å². The van der Waals surface area contributed by atoms with Gasteiger partial charge in [-0.2, -0.15) is 0 Å². The van der Waals surface area contributed by atoms with Gasteiger partial charge in [0.2, 0.25) is 5.91 Å². The third-order valence-corrected chi connectivity index (χ3v) is 5.61. The molecule has 5 nitrogen and oxygen atoms in total. The predicted octanol–water partition coefficient (Wildman–Crippen LogP) is 1.59. The Balaban J connectivity index is 1.52. The van der Waals surface area contributed by atoms with Gasteiger partial charge in [-0.05, 0) is 37.3 Å². The number of carbonyl (C=O) groups excluding carboxylic acids is 1. The Morgan fingerprint density at radius 2 is 2.09 bits per heavy atom. The minimum absolute atomic E-state index is 0.00546. The molecule has 0 radical (unpaired) electrons. The summed E-state index contributed by atoms with van der Waals surface area (Å²) in [7, 11) is 0. The summed E-state index contributed by atoms with van der Waals surface area (Å²) in [6.07, 6.45) is 1.82. The van der Waals surface area contributed by atoms with Crippen molar-refractivity contribution >= 4 is 11.9 Å². The Hall–Kier alpha value is -1.88. The summed E-state index contributed by atoms with van der Waals surface area (Å²) in [6, 6.07) is 8.40. The van der Waals surface area contributed by atoms with Gasteiger partial charge >= 0.3 is 5.97 Å². The third kappa shape index (κ3) is 2.26. The first-order valence-electron chi connectivity index (χ1n) is 8.27. The molecule has 5 heteroatoms. The van der Waals surface area contributed by atoms with Gasteiger partial charge < -0.3 is 14.7 Å². The topological polar surface area (TPSA) is 66.8 Å². The zero-order chi connectivity index (χ0) is 16.2. The van der Waals surface area contributed by atoms with E-state index in [1.807, 2.05) is 13.0 Å². The molecule has 1 aromatic carbocycles. The van der Waals surface area contributed by atoms with Crippen molar-refractivity contribution in [2.45, 2.75) is 43.8 Å². The molecule has 122 valence electrons. The molecular weight excluding hydrogens is 294 g/mol. The average molecular weight is 315 g/mol. The van der Waals surface area contributed by atoms with Crippen LogP contribution in [0.1, 0.15) is 30.9 Å². The van der Waals surface area contributed by atoms with Crippen LogP contribution in [-0.4, -0.2) is 47.2 Å². The van der Waals surface area contributed by atoms with E-state index in [2.05, 4.69) is 18.2 Å². The zero-order valence-corrected chi connectivity index (χ0v) is 13.2. The van der Waals surface area contributed by atoms with Crippen molar-refractivity contribution in [3.05, 3.63) is 35.4 Å². The molecule has 1 saturated heterocycles. The lowest BCUT2D eigenvalue weighted by Crippen LogP contribution is -2.52. The number of ether oxygens (including phenoxy) is 1. The van der Waals surface area contributed by atoms with Gasteiger partial charge in [-0.3, -0.25) is 4.79 Å². The molecule has 4 rings (SSSR count). The highest BCUT2D eigenvalue weighted by molar-refractivity contribution is 5.86. The van der Waals surface area contributed by atoms with E-state index in [0.29, 0.717) is 6.54 Å². The zero-order valence-electron chi connectivity index (χ0n) is 13.2. The van der Waals surface area contributed by atoms with E-state index in [0.717, 1.165) is 19.3 Å². The molecule has 3 aliphatic rings. The molecule has 3 unspecified atom stereocenters. The maximum atomic E-state index is 12.9. The highest BCUT2D eigenvalue weighted by Gasteiger charge is 2.62. The van der Waals surface area contributed by atoms with Crippen molar-refractivity contribution in [2.75, 3.05) is 13.1 Å². The van der Waals surface area contributed by atoms with E-state index in [9.17, 15) is 14.7 Å². The molecule has 1 aliphatic heterocycles. The molecule has 1 amide bonds. The second-order valence-corrected chi connectivity index (χ2v) is 7.09. The molecule has 1 aromatic rings.